The van der Waals surface area contributed by atoms with Crippen LogP contribution in [0.15, 0.2) is 272 Å². The Hall–Kier alpha value is -8.98. The number of para-hydroxylation sites is 3. The van der Waals surface area contributed by atoms with Crippen LogP contribution in [-0.2, 0) is 5.41 Å². The lowest BCUT2D eigenvalue weighted by atomic mass is 9.81. The van der Waals surface area contributed by atoms with Crippen LogP contribution < -0.4 is 0 Å². The highest BCUT2D eigenvalue weighted by Gasteiger charge is 2.36. The van der Waals surface area contributed by atoms with Crippen LogP contribution >= 0.6 is 0 Å². The minimum atomic E-state index is -0.0676. The average Bonchev–Trinajstić information content (AvgIpc) is 4.22. The van der Waals surface area contributed by atoms with Crippen LogP contribution in [0, 0.1) is 6.92 Å². The fourth-order valence-corrected chi connectivity index (χ4v) is 10.8. The Morgan fingerprint density at radius 2 is 1.09 bits per heavy atom. The number of nitrogens with zero attached hydrogens (tertiary/aromatic N) is 1. The number of aromatic nitrogens is 1. The molecule has 0 saturated heterocycles. The topological polar surface area (TPSA) is 18.1 Å². The van der Waals surface area contributed by atoms with Crippen LogP contribution in [0.3, 0.4) is 0 Å². The van der Waals surface area contributed by atoms with Crippen LogP contribution in [0.5, 0.6) is 0 Å². The van der Waals surface area contributed by atoms with E-state index in [-0.39, 0.29) is 5.41 Å². The molecule has 77 heavy (non-hydrogen) atoms. The second-order valence-corrected chi connectivity index (χ2v) is 20.2. The number of hydrogen-bond acceptors (Lipinski definition) is 1. The van der Waals surface area contributed by atoms with Crippen molar-refractivity contribution < 1.29 is 4.42 Å². The Labute approximate surface area is 455 Å². The molecule has 0 bridgehead atoms. The van der Waals surface area contributed by atoms with Crippen molar-refractivity contribution in [2.24, 2.45) is 0 Å². The van der Waals surface area contributed by atoms with E-state index in [1.807, 2.05) is 55.5 Å². The van der Waals surface area contributed by atoms with Crippen molar-refractivity contribution >= 4 is 49.3 Å². The Kier molecular flexibility index (Phi) is 15.6. The fourth-order valence-electron chi connectivity index (χ4n) is 10.8. The fraction of sp³-hybridized carbons (Fsp3) is 0.120. The summed E-state index contributed by atoms with van der Waals surface area (Å²) in [5, 5.41) is 4.90. The summed E-state index contributed by atoms with van der Waals surface area (Å²) in [7, 11) is 0. The van der Waals surface area contributed by atoms with Gasteiger partial charge in [-0.3, -0.25) is 0 Å². The van der Waals surface area contributed by atoms with E-state index in [2.05, 4.69) is 258 Å². The van der Waals surface area contributed by atoms with Gasteiger partial charge in [0.15, 0.2) is 0 Å². The number of hydrogen-bond donors (Lipinski definition) is 0. The molecule has 0 amide bonds. The maximum Gasteiger partial charge on any atom is 0.135 e. The van der Waals surface area contributed by atoms with Gasteiger partial charge in [-0.15, -0.1) is 0 Å². The zero-order valence-corrected chi connectivity index (χ0v) is 45.3. The number of rotatable bonds is 8. The van der Waals surface area contributed by atoms with E-state index in [4.69, 9.17) is 4.42 Å². The molecule has 378 valence electrons. The van der Waals surface area contributed by atoms with Crippen molar-refractivity contribution in [3.05, 3.63) is 290 Å². The van der Waals surface area contributed by atoms with Gasteiger partial charge in [-0.05, 0) is 141 Å². The van der Waals surface area contributed by atoms with Crippen molar-refractivity contribution in [3.8, 4) is 50.2 Å². The van der Waals surface area contributed by atoms with Gasteiger partial charge in [0.2, 0.25) is 0 Å². The molecule has 2 aromatic heterocycles. The minimum Gasteiger partial charge on any atom is -0.456 e. The lowest BCUT2D eigenvalue weighted by molar-refractivity contribution is 0.660. The second-order valence-electron chi connectivity index (χ2n) is 20.2. The van der Waals surface area contributed by atoms with Crippen molar-refractivity contribution in [2.75, 3.05) is 0 Å². The highest BCUT2D eigenvalue weighted by atomic mass is 16.3. The van der Waals surface area contributed by atoms with E-state index in [1.54, 1.807) is 0 Å². The molecule has 1 aliphatic rings. The predicted octanol–water partition coefficient (Wildman–Crippen LogP) is 21.6. The largest absolute Gasteiger partial charge is 0.456 e. The van der Waals surface area contributed by atoms with Crippen molar-refractivity contribution in [2.45, 2.75) is 59.8 Å². The minimum absolute atomic E-state index is 0.0676. The number of allylic oxidation sites excluding steroid dienone is 5. The maximum atomic E-state index is 5.85. The third-order valence-corrected chi connectivity index (χ3v) is 14.9. The molecule has 10 aromatic carbocycles. The highest BCUT2D eigenvalue weighted by Crippen LogP contribution is 2.51. The zero-order chi connectivity index (χ0) is 53.3. The summed E-state index contributed by atoms with van der Waals surface area (Å²) >= 11 is 0. The van der Waals surface area contributed by atoms with E-state index in [9.17, 15) is 0 Å². The Balaban J connectivity index is 0.000000150. The summed E-state index contributed by atoms with van der Waals surface area (Å²) in [6.45, 7) is 17.0. The molecule has 0 atom stereocenters. The molecule has 2 nitrogen and oxygen atoms in total. The van der Waals surface area contributed by atoms with Gasteiger partial charge in [-0.2, -0.15) is 0 Å². The van der Waals surface area contributed by atoms with Gasteiger partial charge in [0.25, 0.3) is 0 Å². The van der Waals surface area contributed by atoms with Crippen LogP contribution in [0.1, 0.15) is 69.7 Å². The molecule has 0 fully saturated rings. The van der Waals surface area contributed by atoms with Crippen molar-refractivity contribution in [1.82, 2.24) is 4.57 Å². The summed E-state index contributed by atoms with van der Waals surface area (Å²) in [4.78, 5) is 0. The summed E-state index contributed by atoms with van der Waals surface area (Å²) in [6, 6.07) is 84.4. The molecule has 12 aromatic rings. The zero-order valence-electron chi connectivity index (χ0n) is 45.3. The number of fused-ring (bicyclic) bond motifs is 9. The predicted molar refractivity (Wildman–Crippen MR) is 333 cm³/mol. The summed E-state index contributed by atoms with van der Waals surface area (Å²) < 4.78 is 8.24. The standard InChI is InChI=1S/C39H29N.C19H16O.C13H12.C4H10/c1-39(2)34-23-21-27(26-12-5-3-6-13-26)24-33(34)31-22-20-28(25-35(31)39)30-17-11-19-37-38(30)32-16-9-10-18-36(32)40(37)29-14-7-4-8-15-29;1-3-7-14(8-4-2)15-11-12-19-17(13-15)16-9-5-6-10-18(16)20-19;1-11-7-5-6-10-13(11)12-8-3-2-4-9-12;1-3-4-2/h3-25H,1-2H3;3-13H,1H2,2H3;2-10H,1H3;3-4H2,1-2H3/b;8-4-,14-7+;;. The maximum absolute atomic E-state index is 5.85. The molecule has 0 radical (unpaired) electrons. The third-order valence-electron chi connectivity index (χ3n) is 14.9. The van der Waals surface area contributed by atoms with Crippen LogP contribution in [0.2, 0.25) is 0 Å². The normalized spacial score (nSPS) is 12.3. The summed E-state index contributed by atoms with van der Waals surface area (Å²) in [5.74, 6) is 0. The Morgan fingerprint density at radius 3 is 1.81 bits per heavy atom. The first-order valence-corrected chi connectivity index (χ1v) is 27.1. The summed E-state index contributed by atoms with van der Waals surface area (Å²) in [5.41, 5.74) is 22.3. The number of unbranched alkanes of at least 4 members (excludes halogenated alkanes) is 1. The first kappa shape index (κ1) is 51.5. The van der Waals surface area contributed by atoms with Gasteiger partial charge >= 0.3 is 0 Å². The molecule has 13 rings (SSSR count). The first-order chi connectivity index (χ1) is 37.7. The lowest BCUT2D eigenvalue weighted by Crippen LogP contribution is -2.15. The van der Waals surface area contributed by atoms with Crippen molar-refractivity contribution in [3.63, 3.8) is 0 Å². The molecule has 0 unspecified atom stereocenters. The molecule has 0 saturated carbocycles. The van der Waals surface area contributed by atoms with Gasteiger partial charge in [0.1, 0.15) is 11.2 Å². The average molecular weight is 998 g/mol. The molecule has 2 heteroatoms. The van der Waals surface area contributed by atoms with Gasteiger partial charge in [0.05, 0.1) is 11.0 Å². The van der Waals surface area contributed by atoms with E-state index in [1.165, 1.54) is 107 Å². The SMILES string of the molecule is C=C/C=C(\C=C/C)c1ccc2oc3ccccc3c2c1.CC1(C)c2ccc(-c3ccccc3)cc2-c2ccc(-c3cccc4c3c3ccccc3n4-c3ccccc3)cc21.CCCC.Cc1ccccc1-c1ccccc1. The van der Waals surface area contributed by atoms with E-state index in [0.717, 1.165) is 27.5 Å². The molecule has 2 heterocycles. The number of aryl methyl sites for hydroxylation is 1. The Morgan fingerprint density at radius 1 is 0.481 bits per heavy atom. The molecule has 0 N–H and O–H groups in total. The van der Waals surface area contributed by atoms with Crippen LogP contribution in [0.25, 0.3) is 99.5 Å². The Bertz CT molecular complexity index is 4050. The van der Waals surface area contributed by atoms with Gasteiger partial charge < -0.3 is 8.98 Å². The second kappa shape index (κ2) is 23.3. The van der Waals surface area contributed by atoms with Gasteiger partial charge in [-0.25, -0.2) is 0 Å². The monoisotopic (exact) mass is 998 g/mol. The third kappa shape index (κ3) is 10.5. The molecule has 0 spiro atoms. The number of furan rings is 1. The van der Waals surface area contributed by atoms with Crippen molar-refractivity contribution in [1.29, 1.82) is 0 Å². The van der Waals surface area contributed by atoms with Crippen LogP contribution in [-0.4, -0.2) is 4.57 Å². The molecule has 1 aliphatic carbocycles. The smallest absolute Gasteiger partial charge is 0.135 e. The quantitative estimate of drug-likeness (QED) is 0.139. The first-order valence-electron chi connectivity index (χ1n) is 27.1. The summed E-state index contributed by atoms with van der Waals surface area (Å²) in [6.07, 6.45) is 10.6. The highest BCUT2D eigenvalue weighted by molar-refractivity contribution is 6.16. The lowest BCUT2D eigenvalue weighted by Gasteiger charge is -2.22. The van der Waals surface area contributed by atoms with Gasteiger partial charge in [0, 0.05) is 32.6 Å². The van der Waals surface area contributed by atoms with Gasteiger partial charge in [-0.1, -0.05) is 253 Å². The van der Waals surface area contributed by atoms with Crippen LogP contribution in [0.4, 0.5) is 0 Å². The molecular formula is C75H67NO. The molecule has 0 aliphatic heterocycles. The van der Waals surface area contributed by atoms with E-state index >= 15 is 0 Å². The molecular weight excluding hydrogens is 931 g/mol. The van der Waals surface area contributed by atoms with E-state index < -0.39 is 0 Å². The number of benzene rings is 10. The van der Waals surface area contributed by atoms with E-state index in [0.29, 0.717) is 0 Å².